The number of methoxy groups -OCH3 is 1. The maximum Gasteiger partial charge on any atom is 0.421 e. The topological polar surface area (TPSA) is 34.5 Å². The second-order valence-electron chi connectivity index (χ2n) is 2.86. The zero-order valence-electron chi connectivity index (χ0n) is 8.47. The van der Waals surface area contributed by atoms with Crippen LogP contribution in [0, 0.1) is 0 Å². The summed E-state index contributed by atoms with van der Waals surface area (Å²) in [6.07, 6.45) is -3.26. The van der Waals surface area contributed by atoms with Crippen molar-refractivity contribution >= 4 is 32.0 Å². The van der Waals surface area contributed by atoms with Crippen molar-refractivity contribution in [2.45, 2.75) is 13.1 Å². The summed E-state index contributed by atoms with van der Waals surface area (Å²) >= 11 is 1.91. The molecule has 0 saturated heterocycles. The van der Waals surface area contributed by atoms with E-state index in [0.29, 0.717) is 3.72 Å². The van der Waals surface area contributed by atoms with E-state index < -0.39 is 17.6 Å². The molecule has 0 spiro atoms. The van der Waals surface area contributed by atoms with Gasteiger partial charge in [-0.3, -0.25) is 0 Å². The fourth-order valence-electron chi connectivity index (χ4n) is 1.05. The molecule has 0 atom stereocenters. The van der Waals surface area contributed by atoms with Gasteiger partial charge < -0.3 is 4.74 Å². The average molecular weight is 344 g/mol. The Bertz CT molecular complexity index is 414. The summed E-state index contributed by atoms with van der Waals surface area (Å²) in [4.78, 5) is 7.46. The molecule has 0 bridgehead atoms. The highest BCUT2D eigenvalue weighted by atomic mass is 127. The summed E-state index contributed by atoms with van der Waals surface area (Å²) in [5.41, 5.74) is -0.770. The minimum Gasteiger partial charge on any atom is -0.481 e. The van der Waals surface area contributed by atoms with Crippen LogP contribution in [0.2, 0.25) is 0 Å². The number of aromatic nitrogens is 1. The van der Waals surface area contributed by atoms with Crippen molar-refractivity contribution in [1.82, 2.24) is 4.98 Å². The predicted octanol–water partition coefficient (Wildman–Crippen LogP) is 3.59. The maximum atomic E-state index is 12.6. The van der Waals surface area contributed by atoms with Crippen molar-refractivity contribution in [2.24, 2.45) is 4.99 Å². The zero-order valence-corrected chi connectivity index (χ0v) is 10.6. The Labute approximate surface area is 104 Å². The van der Waals surface area contributed by atoms with Crippen LogP contribution in [0.1, 0.15) is 12.5 Å². The van der Waals surface area contributed by atoms with Crippen LogP contribution in [-0.4, -0.2) is 15.8 Å². The Kier molecular flexibility index (Phi) is 4.11. The third kappa shape index (κ3) is 3.32. The summed E-state index contributed by atoms with van der Waals surface area (Å²) in [7, 11) is 1.14. The number of pyridine rings is 1. The van der Waals surface area contributed by atoms with E-state index in [2.05, 4.69) is 14.7 Å². The van der Waals surface area contributed by atoms with Crippen molar-refractivity contribution < 1.29 is 17.9 Å². The maximum absolute atomic E-state index is 12.6. The van der Waals surface area contributed by atoms with Gasteiger partial charge in [-0.05, 0) is 35.6 Å². The van der Waals surface area contributed by atoms with E-state index in [1.54, 1.807) is 6.92 Å². The monoisotopic (exact) mass is 344 g/mol. The van der Waals surface area contributed by atoms with Crippen LogP contribution < -0.4 is 4.74 Å². The molecule has 0 aromatic carbocycles. The van der Waals surface area contributed by atoms with Crippen LogP contribution in [0.3, 0.4) is 0 Å². The van der Waals surface area contributed by atoms with Crippen molar-refractivity contribution in [3.63, 3.8) is 0 Å². The molecule has 1 heterocycles. The van der Waals surface area contributed by atoms with Crippen LogP contribution in [0.5, 0.6) is 5.88 Å². The molecule has 1 rings (SSSR count). The predicted molar refractivity (Wildman–Crippen MR) is 62.6 cm³/mol. The van der Waals surface area contributed by atoms with Crippen molar-refractivity contribution in [1.29, 1.82) is 0 Å². The van der Waals surface area contributed by atoms with Crippen LogP contribution in [0.15, 0.2) is 17.3 Å². The first-order valence-corrected chi connectivity index (χ1v) is 5.24. The van der Waals surface area contributed by atoms with E-state index in [0.717, 1.165) is 13.2 Å². The van der Waals surface area contributed by atoms with Crippen LogP contribution >= 0.6 is 22.6 Å². The van der Waals surface area contributed by atoms with Gasteiger partial charge in [0.1, 0.15) is 5.56 Å². The number of ether oxygens (including phenoxy) is 1. The largest absolute Gasteiger partial charge is 0.481 e. The Hall–Kier alpha value is -0.860. The lowest BCUT2D eigenvalue weighted by Gasteiger charge is -2.10. The van der Waals surface area contributed by atoms with E-state index >= 15 is 0 Å². The van der Waals surface area contributed by atoms with E-state index in [4.69, 9.17) is 0 Å². The Balaban J connectivity index is 3.27. The Morgan fingerprint density at radius 3 is 2.56 bits per heavy atom. The van der Waals surface area contributed by atoms with Gasteiger partial charge >= 0.3 is 6.18 Å². The molecule has 0 aliphatic carbocycles. The van der Waals surface area contributed by atoms with Crippen molar-refractivity contribution in [3.8, 4) is 5.88 Å². The molecule has 1 aromatic rings. The Morgan fingerprint density at radius 2 is 2.12 bits per heavy atom. The van der Waals surface area contributed by atoms with Crippen LogP contribution in [0.25, 0.3) is 0 Å². The molecule has 0 amide bonds. The van der Waals surface area contributed by atoms with E-state index in [9.17, 15) is 13.2 Å². The molecule has 0 fully saturated rings. The molecule has 0 N–H and O–H groups in total. The first kappa shape index (κ1) is 13.2. The average Bonchev–Trinajstić information content (AvgIpc) is 2.15. The molecule has 1 aromatic heterocycles. The minimum absolute atomic E-state index is 0.153. The molecule has 0 aliphatic heterocycles. The number of hydrogen-bond donors (Lipinski definition) is 0. The lowest BCUT2D eigenvalue weighted by Crippen LogP contribution is -2.08. The van der Waals surface area contributed by atoms with Crippen molar-refractivity contribution in [3.05, 3.63) is 17.8 Å². The van der Waals surface area contributed by atoms with E-state index in [-0.39, 0.29) is 5.69 Å². The molecule has 88 valence electrons. The number of nitrogens with zero attached hydrogens (tertiary/aromatic N) is 2. The summed E-state index contributed by atoms with van der Waals surface area (Å²) in [6.45, 7) is 1.68. The minimum atomic E-state index is -4.50. The van der Waals surface area contributed by atoms with Gasteiger partial charge in [0, 0.05) is 0 Å². The van der Waals surface area contributed by atoms with Gasteiger partial charge in [-0.25, -0.2) is 9.98 Å². The quantitative estimate of drug-likeness (QED) is 0.607. The van der Waals surface area contributed by atoms with Gasteiger partial charge in [0.2, 0.25) is 5.88 Å². The normalized spacial score (nSPS) is 12.8. The summed E-state index contributed by atoms with van der Waals surface area (Å²) < 4.78 is 42.9. The fraction of sp³-hybridized carbons (Fsp3) is 0.333. The number of alkyl halides is 3. The van der Waals surface area contributed by atoms with Crippen molar-refractivity contribution in [2.75, 3.05) is 7.11 Å². The standard InChI is InChI=1S/C9H8F3IN2O/c1-5(13)15-6-3-7(9(10,11)12)8(16-2)14-4-6/h3-4H,1-2H3/b15-5+. The van der Waals surface area contributed by atoms with E-state index in [1.165, 1.54) is 6.20 Å². The lowest BCUT2D eigenvalue weighted by atomic mass is 10.2. The molecule has 7 heteroatoms. The second-order valence-corrected chi connectivity index (χ2v) is 4.42. The first-order chi connectivity index (χ1) is 7.34. The Morgan fingerprint density at radius 1 is 1.50 bits per heavy atom. The molecule has 0 radical (unpaired) electrons. The summed E-state index contributed by atoms with van der Waals surface area (Å²) in [5.74, 6) is -0.447. The second kappa shape index (κ2) is 4.98. The zero-order chi connectivity index (χ0) is 12.3. The molecule has 16 heavy (non-hydrogen) atoms. The number of aliphatic imine (C=N–C) groups is 1. The van der Waals surface area contributed by atoms with Gasteiger partial charge in [0.05, 0.1) is 22.7 Å². The number of hydrogen-bond acceptors (Lipinski definition) is 3. The van der Waals surface area contributed by atoms with Gasteiger partial charge in [0.25, 0.3) is 0 Å². The summed E-state index contributed by atoms with van der Waals surface area (Å²) in [6, 6.07) is 0.911. The van der Waals surface area contributed by atoms with Gasteiger partial charge in [-0.15, -0.1) is 0 Å². The number of rotatable bonds is 2. The first-order valence-electron chi connectivity index (χ1n) is 4.16. The highest BCUT2D eigenvalue weighted by Crippen LogP contribution is 2.36. The molecule has 3 nitrogen and oxygen atoms in total. The highest BCUT2D eigenvalue weighted by Gasteiger charge is 2.35. The smallest absolute Gasteiger partial charge is 0.421 e. The lowest BCUT2D eigenvalue weighted by molar-refractivity contribution is -0.139. The fourth-order valence-corrected chi connectivity index (χ4v) is 1.32. The number of halogens is 4. The van der Waals surface area contributed by atoms with Crippen LogP contribution in [-0.2, 0) is 6.18 Å². The molecule has 0 saturated carbocycles. The molecular formula is C9H8F3IN2O. The molecule has 0 unspecified atom stereocenters. The van der Waals surface area contributed by atoms with Crippen LogP contribution in [0.4, 0.5) is 18.9 Å². The van der Waals surface area contributed by atoms with Gasteiger partial charge in [0.15, 0.2) is 0 Å². The SMILES string of the molecule is COc1ncc(/N=C(\C)I)cc1C(F)(F)F. The highest BCUT2D eigenvalue weighted by molar-refractivity contribution is 14.1. The van der Waals surface area contributed by atoms with Gasteiger partial charge in [-0.1, -0.05) is 0 Å². The summed E-state index contributed by atoms with van der Waals surface area (Å²) in [5, 5.41) is 0. The molecular weight excluding hydrogens is 336 g/mol. The van der Waals surface area contributed by atoms with E-state index in [1.807, 2.05) is 22.6 Å². The third-order valence-electron chi connectivity index (χ3n) is 1.62. The van der Waals surface area contributed by atoms with Gasteiger partial charge in [-0.2, -0.15) is 13.2 Å². The third-order valence-corrected chi connectivity index (χ3v) is 1.86. The molecule has 0 aliphatic rings.